The van der Waals surface area contributed by atoms with Gasteiger partial charge in [-0.3, -0.25) is 4.79 Å². The highest BCUT2D eigenvalue weighted by Gasteiger charge is 2.27. The molecule has 0 radical (unpaired) electrons. The van der Waals surface area contributed by atoms with Gasteiger partial charge in [-0.15, -0.1) is 0 Å². The summed E-state index contributed by atoms with van der Waals surface area (Å²) in [7, 11) is 0. The first kappa shape index (κ1) is 12.3. The van der Waals surface area contributed by atoms with Crippen LogP contribution in [0, 0.1) is 22.7 Å². The van der Waals surface area contributed by atoms with Crippen molar-refractivity contribution in [2.75, 3.05) is 0 Å². The van der Waals surface area contributed by atoms with E-state index in [9.17, 15) is 15.3 Å². The summed E-state index contributed by atoms with van der Waals surface area (Å²) < 4.78 is 0. The fraction of sp³-hybridized carbons (Fsp3) is 0. The van der Waals surface area contributed by atoms with E-state index in [-0.39, 0.29) is 5.78 Å². The number of nitrogens with zero attached hydrogens (tertiary/aromatic N) is 2. The average molecular weight is 280 g/mol. The van der Waals surface area contributed by atoms with Crippen LogP contribution in [0.2, 0.25) is 0 Å². The highest BCUT2D eigenvalue weighted by molar-refractivity contribution is 6.27. The molecule has 0 saturated heterocycles. The molecule has 3 aromatic rings. The Hall–Kier alpha value is -3.43. The lowest BCUT2D eigenvalue weighted by Crippen LogP contribution is -2.12. The summed E-state index contributed by atoms with van der Waals surface area (Å²) in [6.07, 6.45) is 0. The molecule has 3 aromatic carbocycles. The highest BCUT2D eigenvalue weighted by Crippen LogP contribution is 2.41. The van der Waals surface area contributed by atoms with Crippen molar-refractivity contribution in [2.45, 2.75) is 0 Å². The number of nitriles is 2. The molecule has 0 N–H and O–H groups in total. The third kappa shape index (κ3) is 1.45. The summed E-state index contributed by atoms with van der Waals surface area (Å²) in [5, 5.41) is 20.1. The van der Waals surface area contributed by atoms with Crippen LogP contribution in [0.1, 0.15) is 27.0 Å². The lowest BCUT2D eigenvalue weighted by atomic mass is 9.80. The van der Waals surface area contributed by atoms with Crippen LogP contribution in [0.25, 0.3) is 21.9 Å². The van der Waals surface area contributed by atoms with E-state index in [1.54, 1.807) is 30.3 Å². The summed E-state index contributed by atoms with van der Waals surface area (Å²) in [5.74, 6) is -0.130. The van der Waals surface area contributed by atoms with Gasteiger partial charge in [-0.1, -0.05) is 30.3 Å². The second kappa shape index (κ2) is 4.28. The van der Waals surface area contributed by atoms with Crippen molar-refractivity contribution in [3.63, 3.8) is 0 Å². The van der Waals surface area contributed by atoms with Crippen LogP contribution in [0.5, 0.6) is 0 Å². The third-order valence-corrected chi connectivity index (χ3v) is 4.06. The molecule has 0 atom stereocenters. The quantitative estimate of drug-likeness (QED) is 0.492. The largest absolute Gasteiger partial charge is 0.289 e. The Morgan fingerprint density at radius 2 is 1.59 bits per heavy atom. The van der Waals surface area contributed by atoms with E-state index in [1.807, 2.05) is 18.2 Å². The van der Waals surface area contributed by atoms with E-state index in [0.717, 1.165) is 21.9 Å². The Balaban J connectivity index is 2.30. The first-order chi connectivity index (χ1) is 10.7. The van der Waals surface area contributed by atoms with Crippen LogP contribution < -0.4 is 0 Å². The van der Waals surface area contributed by atoms with Gasteiger partial charge in [-0.05, 0) is 34.7 Å². The normalized spacial score (nSPS) is 11.6. The molecule has 3 nitrogen and oxygen atoms in total. The molecule has 0 aliphatic heterocycles. The zero-order valence-electron chi connectivity index (χ0n) is 11.4. The molecular weight excluding hydrogens is 272 g/mol. The van der Waals surface area contributed by atoms with Crippen LogP contribution in [0.3, 0.4) is 0 Å². The molecule has 3 heteroatoms. The number of ketones is 1. The zero-order valence-corrected chi connectivity index (χ0v) is 11.4. The summed E-state index contributed by atoms with van der Waals surface area (Å²) in [6.45, 7) is 0. The Bertz CT molecular complexity index is 1070. The SMILES string of the molecule is N#Cc1cc2c3c(c(C#N)ccc3c1)C(=O)c1ccccc1-2. The average Bonchev–Trinajstić information content (AvgIpc) is 2.58. The van der Waals surface area contributed by atoms with Gasteiger partial charge in [0.15, 0.2) is 5.78 Å². The van der Waals surface area contributed by atoms with Gasteiger partial charge in [0.05, 0.1) is 23.3 Å². The molecule has 22 heavy (non-hydrogen) atoms. The topological polar surface area (TPSA) is 64.7 Å². The molecule has 0 amide bonds. The Labute approximate surface area is 126 Å². The maximum absolute atomic E-state index is 12.8. The van der Waals surface area contributed by atoms with Crippen molar-refractivity contribution in [1.29, 1.82) is 10.5 Å². The number of carbonyl (C=O) groups is 1. The predicted molar refractivity (Wildman–Crippen MR) is 82.2 cm³/mol. The monoisotopic (exact) mass is 280 g/mol. The number of carbonyl (C=O) groups excluding carboxylic acids is 1. The minimum Gasteiger partial charge on any atom is -0.289 e. The second-order valence-corrected chi connectivity index (χ2v) is 5.21. The van der Waals surface area contributed by atoms with Gasteiger partial charge < -0.3 is 0 Å². The van der Waals surface area contributed by atoms with Gasteiger partial charge in [0.1, 0.15) is 0 Å². The number of hydrogen-bond acceptors (Lipinski definition) is 3. The van der Waals surface area contributed by atoms with E-state index < -0.39 is 0 Å². The maximum atomic E-state index is 12.8. The van der Waals surface area contributed by atoms with Crippen molar-refractivity contribution >= 4 is 16.6 Å². The molecule has 0 heterocycles. The minimum absolute atomic E-state index is 0.130. The summed E-state index contributed by atoms with van der Waals surface area (Å²) in [6, 6.07) is 18.6. The van der Waals surface area contributed by atoms with Crippen molar-refractivity contribution in [2.24, 2.45) is 0 Å². The highest BCUT2D eigenvalue weighted by atomic mass is 16.1. The first-order valence-electron chi connectivity index (χ1n) is 6.79. The van der Waals surface area contributed by atoms with Crippen LogP contribution in [0.4, 0.5) is 0 Å². The van der Waals surface area contributed by atoms with E-state index in [0.29, 0.717) is 22.3 Å². The Kier molecular flexibility index (Phi) is 2.40. The van der Waals surface area contributed by atoms with Crippen LogP contribution in [0.15, 0.2) is 48.5 Å². The van der Waals surface area contributed by atoms with Gasteiger partial charge in [0.2, 0.25) is 0 Å². The molecule has 0 saturated carbocycles. The van der Waals surface area contributed by atoms with Crippen molar-refractivity contribution in [3.8, 4) is 23.3 Å². The molecule has 1 aliphatic carbocycles. The number of rotatable bonds is 0. The maximum Gasteiger partial charge on any atom is 0.195 e. The van der Waals surface area contributed by atoms with E-state index >= 15 is 0 Å². The molecule has 0 fully saturated rings. The lowest BCUT2D eigenvalue weighted by molar-refractivity contribution is 0.104. The third-order valence-electron chi connectivity index (χ3n) is 4.06. The fourth-order valence-corrected chi connectivity index (χ4v) is 3.12. The number of benzene rings is 3. The van der Waals surface area contributed by atoms with E-state index in [2.05, 4.69) is 12.1 Å². The second-order valence-electron chi connectivity index (χ2n) is 5.21. The molecule has 0 aromatic heterocycles. The van der Waals surface area contributed by atoms with Crippen LogP contribution >= 0.6 is 0 Å². The molecule has 4 rings (SSSR count). The van der Waals surface area contributed by atoms with Crippen molar-refractivity contribution < 1.29 is 4.79 Å². The molecule has 100 valence electrons. The van der Waals surface area contributed by atoms with Gasteiger partial charge in [-0.2, -0.15) is 10.5 Å². The molecule has 1 aliphatic rings. The fourth-order valence-electron chi connectivity index (χ4n) is 3.12. The summed E-state index contributed by atoms with van der Waals surface area (Å²) >= 11 is 0. The predicted octanol–water partition coefficient (Wildman–Crippen LogP) is 3.79. The molecule has 0 unspecified atom stereocenters. The summed E-state index contributed by atoms with van der Waals surface area (Å²) in [5.41, 5.74) is 3.60. The number of hydrogen-bond donors (Lipinski definition) is 0. The Morgan fingerprint density at radius 3 is 2.32 bits per heavy atom. The number of fused-ring (bicyclic) bond motifs is 2. The van der Waals surface area contributed by atoms with E-state index in [4.69, 9.17) is 0 Å². The van der Waals surface area contributed by atoms with Crippen molar-refractivity contribution in [3.05, 3.63) is 70.8 Å². The van der Waals surface area contributed by atoms with Crippen LogP contribution in [-0.4, -0.2) is 5.78 Å². The Morgan fingerprint density at radius 1 is 0.818 bits per heavy atom. The van der Waals surface area contributed by atoms with Crippen molar-refractivity contribution in [1.82, 2.24) is 0 Å². The molecule has 0 spiro atoms. The van der Waals surface area contributed by atoms with Gasteiger partial charge in [-0.25, -0.2) is 0 Å². The minimum atomic E-state index is -0.130. The molecule has 0 bridgehead atoms. The van der Waals surface area contributed by atoms with Crippen LogP contribution in [-0.2, 0) is 0 Å². The van der Waals surface area contributed by atoms with E-state index in [1.165, 1.54) is 0 Å². The van der Waals surface area contributed by atoms with Gasteiger partial charge in [0, 0.05) is 16.5 Å². The smallest absolute Gasteiger partial charge is 0.195 e. The summed E-state index contributed by atoms with van der Waals surface area (Å²) in [4.78, 5) is 12.8. The van der Waals surface area contributed by atoms with Gasteiger partial charge in [0.25, 0.3) is 0 Å². The van der Waals surface area contributed by atoms with Gasteiger partial charge >= 0.3 is 0 Å². The molecular formula is C19H8N2O. The first-order valence-corrected chi connectivity index (χ1v) is 6.79. The standard InChI is InChI=1S/C19H8N2O/c20-9-11-7-12-5-6-13(10-21)18-17(12)16(8-11)14-3-1-2-4-15(14)19(18)22/h1-8H. The zero-order chi connectivity index (χ0) is 15.3. The lowest BCUT2D eigenvalue weighted by Gasteiger charge is -2.20.